The molecule has 1 aliphatic heterocycles. The maximum atomic E-state index is 13.1. The Hall–Kier alpha value is -2.43. The van der Waals surface area contributed by atoms with E-state index < -0.39 is 0 Å². The van der Waals surface area contributed by atoms with Crippen LogP contribution in [0.15, 0.2) is 47.5 Å². The van der Waals surface area contributed by atoms with E-state index in [-0.39, 0.29) is 16.5 Å². The van der Waals surface area contributed by atoms with Crippen LogP contribution >= 0.6 is 0 Å². The van der Waals surface area contributed by atoms with Crippen molar-refractivity contribution in [2.75, 3.05) is 0 Å². The van der Waals surface area contributed by atoms with E-state index in [4.69, 9.17) is 0 Å². The van der Waals surface area contributed by atoms with Gasteiger partial charge in [-0.2, -0.15) is 13.8 Å². The van der Waals surface area contributed by atoms with Gasteiger partial charge in [0.1, 0.15) is 5.57 Å². The van der Waals surface area contributed by atoms with E-state index in [1.807, 2.05) is 0 Å². The van der Waals surface area contributed by atoms with Gasteiger partial charge in [0.05, 0.1) is 0 Å². The van der Waals surface area contributed by atoms with E-state index in [0.717, 1.165) is 74.8 Å². The molecule has 2 aromatic carbocycles. The van der Waals surface area contributed by atoms with Gasteiger partial charge in [0, 0.05) is 23.1 Å². The number of allylic oxidation sites excluding steroid dienone is 2. The van der Waals surface area contributed by atoms with Crippen LogP contribution in [0, 0.1) is 25.7 Å². The second kappa shape index (κ2) is 56.1. The molecule has 0 N–H and O–H groups in total. The molecule has 0 saturated carbocycles. The van der Waals surface area contributed by atoms with Crippen LogP contribution in [-0.4, -0.2) is 4.70 Å². The summed E-state index contributed by atoms with van der Waals surface area (Å²) < 4.78 is 1.66. The second-order valence-corrected chi connectivity index (χ2v) is 23.5. The van der Waals surface area contributed by atoms with Gasteiger partial charge in [-0.3, -0.25) is 0 Å². The van der Waals surface area contributed by atoms with Crippen molar-refractivity contribution < 1.29 is 21.2 Å². The Morgan fingerprint density at radius 3 is 0.861 bits per heavy atom. The Kier molecular flexibility index (Phi) is 54.4. The van der Waals surface area contributed by atoms with Gasteiger partial charge in [-0.05, 0) is 117 Å². The molecule has 0 spiro atoms. The summed E-state index contributed by atoms with van der Waals surface area (Å²) in [6.45, 7) is 23.9. The smallest absolute Gasteiger partial charge is 0.493 e. The third-order valence-corrected chi connectivity index (χ3v) is 16.3. The molecule has 0 fully saturated rings. The average Bonchev–Trinajstić information content (AvgIpc) is 3.96. The van der Waals surface area contributed by atoms with Gasteiger partial charge in [0.15, 0.2) is 0 Å². The van der Waals surface area contributed by atoms with Crippen molar-refractivity contribution in [3.63, 3.8) is 0 Å². The molecule has 1 aliphatic rings. The Bertz CT molecular complexity index is 1780. The number of aryl methyl sites for hydroxylation is 4. The molecule has 1 heterocycles. The topological polar surface area (TPSA) is 25.3 Å². The molecule has 0 saturated heterocycles. The predicted octanol–water partition coefficient (Wildman–Crippen LogP) is 26.0. The summed E-state index contributed by atoms with van der Waals surface area (Å²) in [6.07, 6.45) is 62.0. The van der Waals surface area contributed by atoms with Crippen molar-refractivity contribution in [3.8, 4) is 11.8 Å². The first-order valence-corrected chi connectivity index (χ1v) is 34.6. The molecule has 3 rings (SSSR count). The molecule has 2 nitrogen and oxygen atoms in total. The van der Waals surface area contributed by atoms with Crippen LogP contribution in [0.5, 0.6) is 0 Å². The summed E-state index contributed by atoms with van der Waals surface area (Å²) in [4.78, 5) is 0. The fourth-order valence-electron chi connectivity index (χ4n) is 11.6. The molecule has 454 valence electrons. The van der Waals surface area contributed by atoms with Gasteiger partial charge < -0.3 is 19.4 Å². The minimum atomic E-state index is 0. The van der Waals surface area contributed by atoms with Crippen LogP contribution in [0.2, 0.25) is 0 Å². The van der Waals surface area contributed by atoms with Gasteiger partial charge in [0.25, 0.3) is 0 Å². The molecule has 0 atom stereocenters. The third-order valence-electron chi connectivity index (χ3n) is 16.3. The van der Waals surface area contributed by atoms with Crippen molar-refractivity contribution in [2.45, 2.75) is 364 Å². The van der Waals surface area contributed by atoms with E-state index in [0.29, 0.717) is 0 Å². The molecular formula is C76H130N2Ni. The summed E-state index contributed by atoms with van der Waals surface area (Å²) in [5, 5.41) is 0. The SMILES string of the molecule is CCCCCCCCCCCCCCC#CC1=C(c2cc(CCCCCCCCC)cc(CCCCCCCCC)c2)[N+](=[N-])C(c2cc(CCCCCCCCC)cc(CCCCCCCCC)c2)=C1CCCC.[CH2-]C.[CH2-]C.[Ni+2]. The minimum Gasteiger partial charge on any atom is -0.493 e. The van der Waals surface area contributed by atoms with Gasteiger partial charge in [-0.1, -0.05) is 297 Å². The number of benzene rings is 2. The quantitative estimate of drug-likeness (QED) is 0.0207. The standard InChI is InChI=1S/C72H120N2.2C2H5.Ni/c1-7-13-19-24-29-30-31-32-33-34-35-40-45-50-56-70-69(55-18-12-6)71(67-59-63(51-46-41-36-25-20-14-8-2)57-64(60-67)52-47-42-37-26-21-15-9-3)74(73)72(70)68-61-65(53-48-43-38-27-22-16-10-4)58-66(62-68)54-49-44-39-28-23-17-11-5;2*1-2;/h57-62H,7-49,51-55H2,1-6H3;2*1H2,2H3;/q;2*-1;+2. The summed E-state index contributed by atoms with van der Waals surface area (Å²) in [5.74, 6) is 7.64. The molecule has 0 amide bonds. The molecule has 0 aromatic heterocycles. The van der Waals surface area contributed by atoms with Gasteiger partial charge in [-0.25, -0.2) is 4.70 Å². The van der Waals surface area contributed by atoms with E-state index in [1.165, 1.54) is 289 Å². The second-order valence-electron chi connectivity index (χ2n) is 23.5. The molecule has 0 aliphatic carbocycles. The van der Waals surface area contributed by atoms with E-state index in [9.17, 15) is 5.53 Å². The molecule has 0 unspecified atom stereocenters. The zero-order chi connectivity index (χ0) is 56.9. The van der Waals surface area contributed by atoms with E-state index in [1.54, 1.807) is 18.5 Å². The first-order chi connectivity index (χ1) is 38.5. The van der Waals surface area contributed by atoms with Crippen molar-refractivity contribution in [1.82, 2.24) is 0 Å². The molecule has 0 bridgehead atoms. The van der Waals surface area contributed by atoms with Crippen molar-refractivity contribution >= 4 is 11.4 Å². The Labute approximate surface area is 505 Å². The van der Waals surface area contributed by atoms with Crippen LogP contribution in [0.3, 0.4) is 0 Å². The number of rotatable bonds is 49. The van der Waals surface area contributed by atoms with Crippen LogP contribution in [0.25, 0.3) is 16.9 Å². The van der Waals surface area contributed by atoms with Gasteiger partial charge in [-0.15, -0.1) is 0 Å². The number of nitrogens with zero attached hydrogens (tertiary/aromatic N) is 2. The third kappa shape index (κ3) is 36.7. The number of hydrogen-bond donors (Lipinski definition) is 0. The number of hydrogen-bond acceptors (Lipinski definition) is 0. The summed E-state index contributed by atoms with van der Waals surface area (Å²) in [7, 11) is 0. The normalized spacial score (nSPS) is 12.1. The van der Waals surface area contributed by atoms with Gasteiger partial charge in [0.2, 0.25) is 11.4 Å². The van der Waals surface area contributed by atoms with Crippen LogP contribution in [-0.2, 0) is 42.2 Å². The van der Waals surface area contributed by atoms with Crippen LogP contribution in [0.1, 0.15) is 371 Å². The zero-order valence-electron chi connectivity index (χ0n) is 54.0. The maximum absolute atomic E-state index is 13.1. The fourth-order valence-corrected chi connectivity index (χ4v) is 11.6. The summed E-state index contributed by atoms with van der Waals surface area (Å²) in [5.41, 5.74) is 25.6. The minimum absolute atomic E-state index is 0. The zero-order valence-corrected chi connectivity index (χ0v) is 55.0. The maximum Gasteiger partial charge on any atom is 2.00 e. The monoisotopic (exact) mass is 1130 g/mol. The summed E-state index contributed by atoms with van der Waals surface area (Å²) >= 11 is 0. The first kappa shape index (κ1) is 76.6. The van der Waals surface area contributed by atoms with E-state index in [2.05, 4.69) is 104 Å². The molecule has 79 heavy (non-hydrogen) atoms. The van der Waals surface area contributed by atoms with Crippen molar-refractivity contribution in [1.29, 1.82) is 0 Å². The Morgan fingerprint density at radius 1 is 0.316 bits per heavy atom. The van der Waals surface area contributed by atoms with Gasteiger partial charge >= 0.3 is 16.5 Å². The van der Waals surface area contributed by atoms with Crippen molar-refractivity contribution in [3.05, 3.63) is 100 Å². The Balaban J connectivity index is 0.0000119. The summed E-state index contributed by atoms with van der Waals surface area (Å²) in [6, 6.07) is 14.9. The van der Waals surface area contributed by atoms with Crippen molar-refractivity contribution in [2.24, 2.45) is 0 Å². The predicted molar refractivity (Wildman–Crippen MR) is 352 cm³/mol. The van der Waals surface area contributed by atoms with E-state index >= 15 is 0 Å². The molecular weight excluding hydrogens is 1000 g/mol. The molecule has 3 heteroatoms. The molecule has 2 aromatic rings. The number of unbranched alkanes of at least 4 members (excludes halogenated alkanes) is 37. The fraction of sp³-hybridized carbons (Fsp3) is 0.737. The van der Waals surface area contributed by atoms with Crippen LogP contribution in [0.4, 0.5) is 0 Å². The Morgan fingerprint density at radius 2 is 0.570 bits per heavy atom. The largest absolute Gasteiger partial charge is 2.00 e. The molecule has 0 radical (unpaired) electrons. The van der Waals surface area contributed by atoms with Crippen LogP contribution < -0.4 is 0 Å². The average molecular weight is 1130 g/mol. The first-order valence-electron chi connectivity index (χ1n) is 34.6.